The second-order valence-corrected chi connectivity index (χ2v) is 5.68. The molecule has 0 aromatic heterocycles. The van der Waals surface area contributed by atoms with E-state index >= 15 is 0 Å². The Morgan fingerprint density at radius 3 is 2.68 bits per heavy atom. The third-order valence-electron chi connectivity index (χ3n) is 4.04. The molecular weight excluding hydrogens is 245 g/mol. The molecule has 3 atom stereocenters. The summed E-state index contributed by atoms with van der Waals surface area (Å²) in [5.74, 6) is -0.280. The van der Waals surface area contributed by atoms with Gasteiger partial charge in [-0.05, 0) is 37.3 Å². The van der Waals surface area contributed by atoms with Gasteiger partial charge in [0.2, 0.25) is 0 Å². The highest BCUT2D eigenvalue weighted by molar-refractivity contribution is 5.95. The number of likely N-dealkylation sites (tertiary alicyclic amines) is 1. The van der Waals surface area contributed by atoms with Crippen LogP contribution in [0, 0.1) is 17.7 Å². The molecule has 1 aromatic rings. The van der Waals surface area contributed by atoms with Crippen LogP contribution < -0.4 is 0 Å². The lowest BCUT2D eigenvalue weighted by Gasteiger charge is -2.41. The lowest BCUT2D eigenvalue weighted by molar-refractivity contribution is 0.0451. The predicted molar refractivity (Wildman–Crippen MR) is 71.5 cm³/mol. The maximum absolute atomic E-state index is 13.8. The summed E-state index contributed by atoms with van der Waals surface area (Å²) in [6.07, 6.45) is 1.09. The molecule has 0 aliphatic carbocycles. The molecule has 0 saturated carbocycles. The highest BCUT2D eigenvalue weighted by atomic mass is 19.1. The van der Waals surface area contributed by atoms with Crippen LogP contribution in [-0.2, 0) is 0 Å². The minimum Gasteiger partial charge on any atom is -0.508 e. The Kier molecular flexibility index (Phi) is 3.78. The van der Waals surface area contributed by atoms with E-state index in [2.05, 4.69) is 13.8 Å². The number of piperidine rings is 1. The van der Waals surface area contributed by atoms with Gasteiger partial charge in [-0.1, -0.05) is 13.8 Å². The fourth-order valence-corrected chi connectivity index (χ4v) is 2.82. The zero-order valence-corrected chi connectivity index (χ0v) is 11.6. The molecule has 1 saturated heterocycles. The smallest absolute Gasteiger partial charge is 0.257 e. The number of aromatic hydroxyl groups is 1. The predicted octanol–water partition coefficient (Wildman–Crippen LogP) is 3.04. The Morgan fingerprint density at radius 1 is 1.37 bits per heavy atom. The Morgan fingerprint density at radius 2 is 2.05 bits per heavy atom. The number of phenolic OH excluding ortho intramolecular Hbond substituents is 1. The van der Waals surface area contributed by atoms with Crippen LogP contribution in [0.25, 0.3) is 0 Å². The molecule has 1 aliphatic rings. The van der Waals surface area contributed by atoms with Crippen LogP contribution in [0.2, 0.25) is 0 Å². The highest BCUT2D eigenvalue weighted by Gasteiger charge is 2.33. The molecule has 0 radical (unpaired) electrons. The van der Waals surface area contributed by atoms with Crippen LogP contribution in [0.5, 0.6) is 5.75 Å². The molecule has 1 fully saturated rings. The van der Waals surface area contributed by atoms with E-state index in [0.29, 0.717) is 18.4 Å². The molecule has 0 spiro atoms. The first-order valence-corrected chi connectivity index (χ1v) is 6.69. The van der Waals surface area contributed by atoms with E-state index in [1.54, 1.807) is 4.90 Å². The fraction of sp³-hybridized carbons (Fsp3) is 0.533. The van der Waals surface area contributed by atoms with Crippen molar-refractivity contribution in [3.05, 3.63) is 29.6 Å². The SMILES string of the molecule is CC1CC(C)C(C)N(C(=O)c2ccc(O)cc2F)C1. The van der Waals surface area contributed by atoms with Gasteiger partial charge in [0.1, 0.15) is 11.6 Å². The summed E-state index contributed by atoms with van der Waals surface area (Å²) < 4.78 is 13.8. The van der Waals surface area contributed by atoms with Crippen LogP contribution in [0.15, 0.2) is 18.2 Å². The van der Waals surface area contributed by atoms with Crippen molar-refractivity contribution < 1.29 is 14.3 Å². The van der Waals surface area contributed by atoms with Crippen molar-refractivity contribution in [2.45, 2.75) is 33.2 Å². The Hall–Kier alpha value is -1.58. The van der Waals surface area contributed by atoms with Gasteiger partial charge in [0.15, 0.2) is 0 Å². The van der Waals surface area contributed by atoms with Crippen molar-refractivity contribution in [2.24, 2.45) is 11.8 Å². The molecule has 19 heavy (non-hydrogen) atoms. The second-order valence-electron chi connectivity index (χ2n) is 5.68. The first-order valence-electron chi connectivity index (χ1n) is 6.69. The van der Waals surface area contributed by atoms with Gasteiger partial charge >= 0.3 is 0 Å². The molecule has 1 amide bonds. The molecule has 104 valence electrons. The Balaban J connectivity index is 2.27. The van der Waals surface area contributed by atoms with E-state index < -0.39 is 5.82 Å². The molecule has 1 heterocycles. The average Bonchev–Trinajstić information content (AvgIpc) is 2.33. The van der Waals surface area contributed by atoms with Crippen LogP contribution in [0.4, 0.5) is 4.39 Å². The normalized spacial score (nSPS) is 27.4. The summed E-state index contributed by atoms with van der Waals surface area (Å²) in [5, 5.41) is 9.20. The van der Waals surface area contributed by atoms with Crippen LogP contribution in [0.1, 0.15) is 37.6 Å². The number of carbonyl (C=O) groups excluding carboxylic acids is 1. The van der Waals surface area contributed by atoms with Gasteiger partial charge in [0, 0.05) is 18.7 Å². The van der Waals surface area contributed by atoms with E-state index in [-0.39, 0.29) is 23.3 Å². The van der Waals surface area contributed by atoms with Gasteiger partial charge < -0.3 is 10.0 Å². The van der Waals surface area contributed by atoms with Gasteiger partial charge in [-0.2, -0.15) is 0 Å². The quantitative estimate of drug-likeness (QED) is 0.848. The lowest BCUT2D eigenvalue weighted by atomic mass is 9.85. The van der Waals surface area contributed by atoms with Gasteiger partial charge in [-0.25, -0.2) is 4.39 Å². The van der Waals surface area contributed by atoms with Crippen molar-refractivity contribution in [1.29, 1.82) is 0 Å². The van der Waals surface area contributed by atoms with E-state index in [4.69, 9.17) is 0 Å². The molecule has 1 aromatic carbocycles. The summed E-state index contributed by atoms with van der Waals surface area (Å²) in [5.41, 5.74) is 0.0333. The van der Waals surface area contributed by atoms with Crippen molar-refractivity contribution in [2.75, 3.05) is 6.54 Å². The van der Waals surface area contributed by atoms with Crippen molar-refractivity contribution in [3.63, 3.8) is 0 Å². The summed E-state index contributed by atoms with van der Waals surface area (Å²) in [4.78, 5) is 14.2. The molecule has 0 bridgehead atoms. The molecule has 4 heteroatoms. The van der Waals surface area contributed by atoms with Crippen LogP contribution in [-0.4, -0.2) is 28.5 Å². The second kappa shape index (κ2) is 5.19. The zero-order valence-electron chi connectivity index (χ0n) is 11.6. The van der Waals surface area contributed by atoms with E-state index in [1.165, 1.54) is 12.1 Å². The van der Waals surface area contributed by atoms with Crippen molar-refractivity contribution in [1.82, 2.24) is 4.90 Å². The number of carbonyl (C=O) groups is 1. The third kappa shape index (κ3) is 2.72. The maximum atomic E-state index is 13.8. The summed E-state index contributed by atoms with van der Waals surface area (Å²) in [6.45, 7) is 6.89. The first kappa shape index (κ1) is 13.8. The fourth-order valence-electron chi connectivity index (χ4n) is 2.82. The summed E-state index contributed by atoms with van der Waals surface area (Å²) in [6, 6.07) is 3.78. The number of phenols is 1. The number of nitrogens with zero attached hydrogens (tertiary/aromatic N) is 1. The zero-order chi connectivity index (χ0) is 14.2. The van der Waals surface area contributed by atoms with Crippen LogP contribution in [0.3, 0.4) is 0 Å². The largest absolute Gasteiger partial charge is 0.508 e. The Bertz CT molecular complexity index is 489. The molecule has 2 rings (SSSR count). The van der Waals surface area contributed by atoms with E-state index in [1.807, 2.05) is 6.92 Å². The average molecular weight is 265 g/mol. The standard InChI is InChI=1S/C15H20FNO2/c1-9-6-10(2)11(3)17(8-9)15(19)13-5-4-12(18)7-14(13)16/h4-5,7,9-11,18H,6,8H2,1-3H3. The maximum Gasteiger partial charge on any atom is 0.257 e. The van der Waals surface area contributed by atoms with E-state index in [9.17, 15) is 14.3 Å². The molecule has 1 N–H and O–H groups in total. The van der Waals surface area contributed by atoms with Gasteiger partial charge in [0.05, 0.1) is 5.56 Å². The number of rotatable bonds is 1. The van der Waals surface area contributed by atoms with Crippen molar-refractivity contribution >= 4 is 5.91 Å². The minimum absolute atomic E-state index is 0.0333. The molecular formula is C15H20FNO2. The molecule has 1 aliphatic heterocycles. The Labute approximate surface area is 113 Å². The van der Waals surface area contributed by atoms with E-state index in [0.717, 1.165) is 12.5 Å². The number of amides is 1. The van der Waals surface area contributed by atoms with Gasteiger partial charge in [-0.15, -0.1) is 0 Å². The number of benzene rings is 1. The third-order valence-corrected chi connectivity index (χ3v) is 4.04. The molecule has 3 nitrogen and oxygen atoms in total. The van der Waals surface area contributed by atoms with Crippen molar-refractivity contribution in [3.8, 4) is 5.75 Å². The van der Waals surface area contributed by atoms with Gasteiger partial charge in [-0.3, -0.25) is 4.79 Å². The number of hydrogen-bond acceptors (Lipinski definition) is 2. The highest BCUT2D eigenvalue weighted by Crippen LogP contribution is 2.29. The summed E-state index contributed by atoms with van der Waals surface area (Å²) in [7, 11) is 0. The van der Waals surface area contributed by atoms with Gasteiger partial charge in [0.25, 0.3) is 5.91 Å². The molecule has 3 unspecified atom stereocenters. The summed E-state index contributed by atoms with van der Waals surface area (Å²) >= 11 is 0. The monoisotopic (exact) mass is 265 g/mol. The van der Waals surface area contributed by atoms with Crippen LogP contribution >= 0.6 is 0 Å². The lowest BCUT2D eigenvalue weighted by Crippen LogP contribution is -2.49. The number of hydrogen-bond donors (Lipinski definition) is 1. The number of halogens is 1. The minimum atomic E-state index is -0.664. The topological polar surface area (TPSA) is 40.5 Å². The first-order chi connectivity index (χ1) is 8.90.